The topological polar surface area (TPSA) is 42.7 Å². The van der Waals surface area contributed by atoms with Crippen molar-refractivity contribution in [2.45, 2.75) is 39.3 Å². The van der Waals surface area contributed by atoms with E-state index in [-0.39, 0.29) is 11.9 Å². The van der Waals surface area contributed by atoms with Gasteiger partial charge in [0.25, 0.3) is 0 Å². The Labute approximate surface area is 119 Å². The van der Waals surface area contributed by atoms with Gasteiger partial charge in [-0.05, 0) is 37.6 Å². The van der Waals surface area contributed by atoms with Crippen molar-refractivity contribution in [2.24, 2.45) is 0 Å². The predicted octanol–water partition coefficient (Wildman–Crippen LogP) is 2.72. The largest absolute Gasteiger partial charge is 0.310 e. The number of halogens is 1. The van der Waals surface area contributed by atoms with Crippen molar-refractivity contribution in [1.29, 1.82) is 0 Å². The summed E-state index contributed by atoms with van der Waals surface area (Å²) in [6, 6.07) is 6.79. The molecular formula is C15H21FN4. The summed E-state index contributed by atoms with van der Waals surface area (Å²) < 4.78 is 14.9. The standard InChI is InChI=1S/C15H21FN4/c1-3-9-17-14(12-5-7-13(16)8-6-12)10-15-18-11-19-20(15)4-2/h5-8,11,14,17H,3-4,9-10H2,1-2H3. The van der Waals surface area contributed by atoms with E-state index in [2.05, 4.69) is 22.3 Å². The molecule has 0 aliphatic rings. The van der Waals surface area contributed by atoms with E-state index in [1.54, 1.807) is 6.33 Å². The molecule has 0 saturated carbocycles. The Morgan fingerprint density at radius 1 is 1.25 bits per heavy atom. The van der Waals surface area contributed by atoms with Crippen LogP contribution in [-0.2, 0) is 13.0 Å². The molecule has 0 radical (unpaired) electrons. The highest BCUT2D eigenvalue weighted by Crippen LogP contribution is 2.18. The molecule has 4 nitrogen and oxygen atoms in total. The van der Waals surface area contributed by atoms with Crippen molar-refractivity contribution in [1.82, 2.24) is 20.1 Å². The third-order valence-electron chi connectivity index (χ3n) is 3.30. The van der Waals surface area contributed by atoms with Crippen LogP contribution in [0.4, 0.5) is 4.39 Å². The minimum absolute atomic E-state index is 0.130. The minimum Gasteiger partial charge on any atom is -0.310 e. The predicted molar refractivity (Wildman–Crippen MR) is 76.8 cm³/mol. The fraction of sp³-hybridized carbons (Fsp3) is 0.467. The highest BCUT2D eigenvalue weighted by Gasteiger charge is 2.15. The maximum Gasteiger partial charge on any atom is 0.138 e. The maximum absolute atomic E-state index is 13.1. The molecule has 0 aliphatic carbocycles. The van der Waals surface area contributed by atoms with Gasteiger partial charge in [-0.15, -0.1) is 0 Å². The smallest absolute Gasteiger partial charge is 0.138 e. The van der Waals surface area contributed by atoms with Crippen molar-refractivity contribution in [3.8, 4) is 0 Å². The molecule has 2 aromatic rings. The van der Waals surface area contributed by atoms with Gasteiger partial charge in [-0.3, -0.25) is 4.68 Å². The Kier molecular flexibility index (Phi) is 5.24. The quantitative estimate of drug-likeness (QED) is 0.845. The molecule has 0 bridgehead atoms. The molecule has 0 aliphatic heterocycles. The molecule has 0 fully saturated rings. The lowest BCUT2D eigenvalue weighted by atomic mass is 10.0. The van der Waals surface area contributed by atoms with Crippen LogP contribution in [0.2, 0.25) is 0 Å². The van der Waals surface area contributed by atoms with Crippen LogP contribution in [0.25, 0.3) is 0 Å². The van der Waals surface area contributed by atoms with Crippen LogP contribution in [-0.4, -0.2) is 21.3 Å². The summed E-state index contributed by atoms with van der Waals surface area (Å²) in [5, 5.41) is 7.68. The van der Waals surface area contributed by atoms with Crippen molar-refractivity contribution < 1.29 is 4.39 Å². The first-order valence-corrected chi connectivity index (χ1v) is 7.10. The highest BCUT2D eigenvalue weighted by atomic mass is 19.1. The van der Waals surface area contributed by atoms with Gasteiger partial charge >= 0.3 is 0 Å². The Morgan fingerprint density at radius 2 is 2.00 bits per heavy atom. The number of rotatable bonds is 7. The Morgan fingerprint density at radius 3 is 2.65 bits per heavy atom. The summed E-state index contributed by atoms with van der Waals surface area (Å²) in [4.78, 5) is 4.32. The number of aromatic nitrogens is 3. The van der Waals surface area contributed by atoms with Gasteiger partial charge in [-0.1, -0.05) is 19.1 Å². The summed E-state index contributed by atoms with van der Waals surface area (Å²) in [7, 11) is 0. The molecule has 1 atom stereocenters. The summed E-state index contributed by atoms with van der Waals surface area (Å²) in [5.74, 6) is 0.741. The summed E-state index contributed by atoms with van der Waals surface area (Å²) in [5.41, 5.74) is 1.07. The van der Waals surface area contributed by atoms with Crippen LogP contribution in [0.1, 0.15) is 37.7 Å². The molecule has 108 valence electrons. The minimum atomic E-state index is -0.209. The zero-order valence-corrected chi connectivity index (χ0v) is 12.0. The zero-order valence-electron chi connectivity index (χ0n) is 12.0. The van der Waals surface area contributed by atoms with Crippen LogP contribution >= 0.6 is 0 Å². The second-order valence-corrected chi connectivity index (χ2v) is 4.75. The normalized spacial score (nSPS) is 12.6. The maximum atomic E-state index is 13.1. The lowest BCUT2D eigenvalue weighted by Gasteiger charge is -2.19. The average molecular weight is 276 g/mol. The van der Waals surface area contributed by atoms with E-state index in [9.17, 15) is 4.39 Å². The van der Waals surface area contributed by atoms with Crippen molar-refractivity contribution in [3.63, 3.8) is 0 Å². The first kappa shape index (κ1) is 14.7. The molecule has 1 N–H and O–H groups in total. The molecule has 1 unspecified atom stereocenters. The van der Waals surface area contributed by atoms with E-state index >= 15 is 0 Å². The molecule has 0 spiro atoms. The van der Waals surface area contributed by atoms with Crippen LogP contribution in [0.5, 0.6) is 0 Å². The summed E-state index contributed by atoms with van der Waals surface area (Å²) in [6.07, 6.45) is 3.39. The number of hydrogen-bond donors (Lipinski definition) is 1. The number of nitrogens with zero attached hydrogens (tertiary/aromatic N) is 3. The lowest BCUT2D eigenvalue weighted by Crippen LogP contribution is -2.25. The van der Waals surface area contributed by atoms with Crippen LogP contribution < -0.4 is 5.32 Å². The molecule has 0 saturated heterocycles. The number of aryl methyl sites for hydroxylation is 1. The van der Waals surface area contributed by atoms with Crippen molar-refractivity contribution >= 4 is 0 Å². The van der Waals surface area contributed by atoms with E-state index in [4.69, 9.17) is 0 Å². The third-order valence-corrected chi connectivity index (χ3v) is 3.30. The van der Waals surface area contributed by atoms with E-state index < -0.39 is 0 Å². The molecule has 5 heteroatoms. The monoisotopic (exact) mass is 276 g/mol. The fourth-order valence-electron chi connectivity index (χ4n) is 2.21. The molecular weight excluding hydrogens is 255 g/mol. The van der Waals surface area contributed by atoms with Crippen molar-refractivity contribution in [3.05, 3.63) is 47.8 Å². The molecule has 1 aromatic carbocycles. The number of nitrogens with one attached hydrogen (secondary N) is 1. The Bertz CT molecular complexity index is 521. The Hall–Kier alpha value is -1.75. The van der Waals surface area contributed by atoms with E-state index in [1.165, 1.54) is 12.1 Å². The van der Waals surface area contributed by atoms with Crippen LogP contribution in [0, 0.1) is 5.82 Å². The highest BCUT2D eigenvalue weighted by molar-refractivity contribution is 5.21. The van der Waals surface area contributed by atoms with Gasteiger partial charge < -0.3 is 5.32 Å². The van der Waals surface area contributed by atoms with Gasteiger partial charge in [0.2, 0.25) is 0 Å². The average Bonchev–Trinajstić information content (AvgIpc) is 2.91. The van der Waals surface area contributed by atoms with E-state index in [1.807, 2.05) is 23.7 Å². The molecule has 0 amide bonds. The van der Waals surface area contributed by atoms with E-state index in [0.717, 1.165) is 37.3 Å². The third kappa shape index (κ3) is 3.63. The van der Waals surface area contributed by atoms with Gasteiger partial charge in [-0.2, -0.15) is 5.10 Å². The van der Waals surface area contributed by atoms with Crippen LogP contribution in [0.15, 0.2) is 30.6 Å². The SMILES string of the molecule is CCCNC(Cc1ncnn1CC)c1ccc(F)cc1. The Balaban J connectivity index is 2.17. The number of hydrogen-bond acceptors (Lipinski definition) is 3. The van der Waals surface area contributed by atoms with Gasteiger partial charge in [0, 0.05) is 19.0 Å². The molecule has 20 heavy (non-hydrogen) atoms. The lowest BCUT2D eigenvalue weighted by molar-refractivity contribution is 0.496. The molecule has 2 rings (SSSR count). The molecule has 1 aromatic heterocycles. The first-order valence-electron chi connectivity index (χ1n) is 7.10. The van der Waals surface area contributed by atoms with Gasteiger partial charge in [0.05, 0.1) is 0 Å². The zero-order chi connectivity index (χ0) is 14.4. The summed E-state index contributed by atoms with van der Waals surface area (Å²) >= 11 is 0. The number of benzene rings is 1. The first-order chi connectivity index (χ1) is 9.74. The molecule has 1 heterocycles. The van der Waals surface area contributed by atoms with Gasteiger partial charge in [0.15, 0.2) is 0 Å². The fourth-order valence-corrected chi connectivity index (χ4v) is 2.21. The van der Waals surface area contributed by atoms with Crippen LogP contribution in [0.3, 0.4) is 0 Å². The summed E-state index contributed by atoms with van der Waals surface area (Å²) in [6.45, 7) is 5.90. The second-order valence-electron chi connectivity index (χ2n) is 4.75. The van der Waals surface area contributed by atoms with Gasteiger partial charge in [-0.25, -0.2) is 9.37 Å². The van der Waals surface area contributed by atoms with Crippen molar-refractivity contribution in [2.75, 3.05) is 6.54 Å². The van der Waals surface area contributed by atoms with E-state index in [0.29, 0.717) is 0 Å². The van der Waals surface area contributed by atoms with Gasteiger partial charge in [0.1, 0.15) is 18.0 Å². The second kappa shape index (κ2) is 7.14.